The summed E-state index contributed by atoms with van der Waals surface area (Å²) in [6.07, 6.45) is 3.31. The maximum absolute atomic E-state index is 13.8. The summed E-state index contributed by atoms with van der Waals surface area (Å²) < 4.78 is 26.6. The normalized spacial score (nSPS) is 12.6. The van der Waals surface area contributed by atoms with Crippen LogP contribution in [0.5, 0.6) is 17.2 Å². The largest absolute Gasteiger partial charge is 0.497 e. The topological polar surface area (TPSA) is 125 Å². The molecule has 0 radical (unpaired) electrons. The molecular formula is C36H46N2O8. The van der Waals surface area contributed by atoms with Crippen molar-refractivity contribution in [2.24, 2.45) is 0 Å². The van der Waals surface area contributed by atoms with Gasteiger partial charge < -0.3 is 39.4 Å². The molecule has 248 valence electrons. The van der Waals surface area contributed by atoms with Gasteiger partial charge in [0.05, 0.1) is 13.2 Å². The van der Waals surface area contributed by atoms with Gasteiger partial charge in [0.15, 0.2) is 31.2 Å². The zero-order valence-electron chi connectivity index (χ0n) is 27.1. The van der Waals surface area contributed by atoms with Gasteiger partial charge in [-0.15, -0.1) is 0 Å². The highest BCUT2D eigenvalue weighted by Crippen LogP contribution is 2.30. The number of nitrogens with one attached hydrogen (secondary N) is 2. The second kappa shape index (κ2) is 19.9. The first-order valence-electron chi connectivity index (χ1n) is 15.4. The van der Waals surface area contributed by atoms with Crippen molar-refractivity contribution in [2.45, 2.75) is 51.2 Å². The highest BCUT2D eigenvalue weighted by Gasteiger charge is 2.28. The summed E-state index contributed by atoms with van der Waals surface area (Å²) in [6.45, 7) is 2.43. The minimum atomic E-state index is -1.47. The summed E-state index contributed by atoms with van der Waals surface area (Å²) in [4.78, 5) is 26.9. The van der Waals surface area contributed by atoms with Crippen molar-refractivity contribution in [3.63, 3.8) is 0 Å². The Labute approximate surface area is 271 Å². The molecule has 0 fully saturated rings. The number of amides is 2. The molecule has 0 spiro atoms. The smallest absolute Gasteiger partial charge is 0.251 e. The lowest BCUT2D eigenvalue weighted by Crippen LogP contribution is -2.52. The number of benzene rings is 3. The van der Waals surface area contributed by atoms with Gasteiger partial charge in [-0.05, 0) is 72.7 Å². The van der Waals surface area contributed by atoms with Gasteiger partial charge in [-0.1, -0.05) is 61.9 Å². The van der Waals surface area contributed by atoms with Crippen LogP contribution in [0.25, 0.3) is 6.08 Å². The third-order valence-corrected chi connectivity index (χ3v) is 7.20. The van der Waals surface area contributed by atoms with Crippen molar-refractivity contribution in [3.8, 4) is 17.2 Å². The standard InChI is InChI=1S/C36H46N2O8/c1-5-6-12-29(21-28-15-18-32(45-24-42-2)33(23-28)46-25-43-3)35(40)38-31(22-27-10-8-7-9-11-27)34(39)36(41)37-20-19-26-13-16-30(44-4)17-14-26/h7-11,13-18,21,23,31,34,39H,5-6,12,19-20,22,24-25H2,1-4H3,(H,37,41)(H,38,40)/b29-21+/t31-,34?/m0/s1. The van der Waals surface area contributed by atoms with Gasteiger partial charge in [-0.25, -0.2) is 0 Å². The van der Waals surface area contributed by atoms with E-state index < -0.39 is 18.1 Å². The monoisotopic (exact) mass is 634 g/mol. The number of methoxy groups -OCH3 is 3. The highest BCUT2D eigenvalue weighted by atomic mass is 16.7. The zero-order valence-corrected chi connectivity index (χ0v) is 27.1. The van der Waals surface area contributed by atoms with Crippen molar-refractivity contribution in [2.75, 3.05) is 41.5 Å². The molecule has 0 saturated heterocycles. The lowest BCUT2D eigenvalue weighted by Gasteiger charge is -2.24. The molecule has 0 aromatic heterocycles. The van der Waals surface area contributed by atoms with Crippen LogP contribution in [-0.2, 0) is 31.9 Å². The minimum Gasteiger partial charge on any atom is -0.497 e. The van der Waals surface area contributed by atoms with Crippen LogP contribution < -0.4 is 24.8 Å². The zero-order chi connectivity index (χ0) is 33.1. The van der Waals surface area contributed by atoms with Gasteiger partial charge in [-0.2, -0.15) is 0 Å². The number of ether oxygens (including phenoxy) is 5. The summed E-state index contributed by atoms with van der Waals surface area (Å²) in [6, 6.07) is 21.5. The number of rotatable bonds is 20. The first-order valence-corrected chi connectivity index (χ1v) is 15.4. The molecule has 0 saturated carbocycles. The van der Waals surface area contributed by atoms with E-state index in [4.69, 9.17) is 23.7 Å². The van der Waals surface area contributed by atoms with E-state index in [0.29, 0.717) is 42.0 Å². The van der Waals surface area contributed by atoms with Crippen molar-refractivity contribution >= 4 is 17.9 Å². The molecule has 3 rings (SSSR count). The molecule has 10 nitrogen and oxygen atoms in total. The number of carbonyl (C=O) groups is 2. The Morgan fingerprint density at radius 2 is 1.57 bits per heavy atom. The molecule has 0 bridgehead atoms. The third kappa shape index (κ3) is 11.8. The summed E-state index contributed by atoms with van der Waals surface area (Å²) in [5, 5.41) is 17.0. The van der Waals surface area contributed by atoms with Crippen LogP contribution in [0, 0.1) is 0 Å². The number of carbonyl (C=O) groups excluding carboxylic acids is 2. The van der Waals surface area contributed by atoms with E-state index in [0.717, 1.165) is 29.7 Å². The van der Waals surface area contributed by atoms with E-state index in [1.54, 1.807) is 25.3 Å². The molecule has 0 heterocycles. The van der Waals surface area contributed by atoms with E-state index >= 15 is 0 Å². The molecule has 46 heavy (non-hydrogen) atoms. The molecule has 2 amide bonds. The van der Waals surface area contributed by atoms with Crippen molar-refractivity contribution in [3.05, 3.63) is 95.1 Å². The van der Waals surface area contributed by atoms with E-state index in [2.05, 4.69) is 10.6 Å². The van der Waals surface area contributed by atoms with Crippen LogP contribution in [0.2, 0.25) is 0 Å². The van der Waals surface area contributed by atoms with Gasteiger partial charge in [0, 0.05) is 26.3 Å². The van der Waals surface area contributed by atoms with Crippen LogP contribution >= 0.6 is 0 Å². The Morgan fingerprint density at radius 3 is 2.22 bits per heavy atom. The molecule has 2 atom stereocenters. The van der Waals surface area contributed by atoms with Crippen LogP contribution in [-0.4, -0.2) is 70.5 Å². The predicted octanol–water partition coefficient (Wildman–Crippen LogP) is 4.68. The second-order valence-electron chi connectivity index (χ2n) is 10.7. The number of hydrogen-bond donors (Lipinski definition) is 3. The first-order chi connectivity index (χ1) is 22.4. The van der Waals surface area contributed by atoms with Crippen molar-refractivity contribution < 1.29 is 38.4 Å². The van der Waals surface area contributed by atoms with Crippen LogP contribution in [0.1, 0.15) is 42.9 Å². The molecule has 3 aromatic carbocycles. The van der Waals surface area contributed by atoms with Gasteiger partial charge in [-0.3, -0.25) is 9.59 Å². The number of aliphatic hydroxyl groups excluding tert-OH is 1. The number of aliphatic hydroxyl groups is 1. The third-order valence-electron chi connectivity index (χ3n) is 7.20. The average Bonchev–Trinajstić information content (AvgIpc) is 3.08. The highest BCUT2D eigenvalue weighted by molar-refractivity contribution is 5.98. The molecule has 1 unspecified atom stereocenters. The Bertz CT molecular complexity index is 1380. The number of unbranched alkanes of at least 4 members (excludes halogenated alkanes) is 1. The molecule has 0 aliphatic heterocycles. The fourth-order valence-corrected chi connectivity index (χ4v) is 4.69. The van der Waals surface area contributed by atoms with Gasteiger partial charge >= 0.3 is 0 Å². The van der Waals surface area contributed by atoms with Crippen LogP contribution in [0.4, 0.5) is 0 Å². The van der Waals surface area contributed by atoms with E-state index in [1.807, 2.05) is 67.6 Å². The average molecular weight is 635 g/mol. The van der Waals surface area contributed by atoms with Crippen LogP contribution in [0.3, 0.4) is 0 Å². The maximum atomic E-state index is 13.8. The Morgan fingerprint density at radius 1 is 0.870 bits per heavy atom. The summed E-state index contributed by atoms with van der Waals surface area (Å²) in [7, 11) is 4.66. The number of hydrogen-bond acceptors (Lipinski definition) is 8. The van der Waals surface area contributed by atoms with Gasteiger partial charge in [0.25, 0.3) is 5.91 Å². The molecule has 3 N–H and O–H groups in total. The van der Waals surface area contributed by atoms with E-state index in [1.165, 1.54) is 14.2 Å². The van der Waals surface area contributed by atoms with Gasteiger partial charge in [0.1, 0.15) is 5.75 Å². The lowest BCUT2D eigenvalue weighted by atomic mass is 9.98. The molecule has 10 heteroatoms. The van der Waals surface area contributed by atoms with Gasteiger partial charge in [0.2, 0.25) is 5.91 Å². The van der Waals surface area contributed by atoms with Crippen LogP contribution in [0.15, 0.2) is 78.4 Å². The van der Waals surface area contributed by atoms with Crippen molar-refractivity contribution in [1.29, 1.82) is 0 Å². The fraction of sp³-hybridized carbons (Fsp3) is 0.389. The quantitative estimate of drug-likeness (QED) is 0.121. The Kier molecular flexibility index (Phi) is 15.6. The Balaban J connectivity index is 1.79. The SMILES string of the molecule is CCCC/C(=C\c1ccc(OCOC)c(OCOC)c1)C(=O)N[C@@H](Cc1ccccc1)C(O)C(=O)NCCc1ccc(OC)cc1. The summed E-state index contributed by atoms with van der Waals surface area (Å²) in [5.74, 6) is 0.744. The molecule has 0 aliphatic carbocycles. The maximum Gasteiger partial charge on any atom is 0.251 e. The van der Waals surface area contributed by atoms with E-state index in [9.17, 15) is 14.7 Å². The lowest BCUT2D eigenvalue weighted by molar-refractivity contribution is -0.131. The predicted molar refractivity (Wildman–Crippen MR) is 177 cm³/mol. The molecule has 0 aliphatic rings. The molecule has 3 aromatic rings. The fourth-order valence-electron chi connectivity index (χ4n) is 4.69. The summed E-state index contributed by atoms with van der Waals surface area (Å²) in [5.41, 5.74) is 3.12. The first kappa shape index (κ1) is 36.1. The minimum absolute atomic E-state index is 0.0148. The molecular weight excluding hydrogens is 588 g/mol. The summed E-state index contributed by atoms with van der Waals surface area (Å²) >= 11 is 0. The van der Waals surface area contributed by atoms with Crippen molar-refractivity contribution in [1.82, 2.24) is 10.6 Å². The van der Waals surface area contributed by atoms with E-state index in [-0.39, 0.29) is 25.9 Å². The second-order valence-corrected chi connectivity index (χ2v) is 10.7. The Hall–Kier alpha value is -4.38.